The quantitative estimate of drug-likeness (QED) is 0.167. The predicted molar refractivity (Wildman–Crippen MR) is 188 cm³/mol. The zero-order valence-electron chi connectivity index (χ0n) is 27.7. The van der Waals surface area contributed by atoms with Crippen LogP contribution in [0, 0.1) is 0 Å². The Balaban J connectivity index is 1.45. The Hall–Kier alpha value is -5.72. The summed E-state index contributed by atoms with van der Waals surface area (Å²) >= 11 is 0. The maximum Gasteiger partial charge on any atom is 0.252 e. The summed E-state index contributed by atoms with van der Waals surface area (Å²) in [7, 11) is 5.51. The Morgan fingerprint density at radius 3 is 2.45 bits per heavy atom. The molecule has 0 saturated carbocycles. The summed E-state index contributed by atoms with van der Waals surface area (Å²) in [4.78, 5) is 35.1. The predicted octanol–water partition coefficient (Wildman–Crippen LogP) is 4.98. The molecule has 2 aromatic heterocycles. The number of carbonyl (C=O) groups is 2. The number of benzene rings is 3. The van der Waals surface area contributed by atoms with E-state index in [0.29, 0.717) is 53.7 Å². The van der Waals surface area contributed by atoms with Crippen molar-refractivity contribution in [3.05, 3.63) is 108 Å². The van der Waals surface area contributed by atoms with Crippen LogP contribution in [-0.4, -0.2) is 78.4 Å². The number of anilines is 1. The topological polar surface area (TPSA) is 137 Å². The van der Waals surface area contributed by atoms with Crippen LogP contribution in [-0.2, 0) is 11.3 Å². The molecule has 1 unspecified atom stereocenters. The third-order valence-corrected chi connectivity index (χ3v) is 8.08. The standard InChI is InChI=1S/C37H39N7O5/c1-42(2)21-7-10-33(45)44(26-17-19-39-23-26)37-34-32(18-20-40-36(34)43(41-37)24-25-11-13-27(47-3)14-12-25)49-31-16-15-29(22-30(31)35(38)46)48-28-8-5-4-6-9-28/h4-16,18,20,22,26,39H,17,19,21,23-24H2,1-3H3,(H2,38,46)/b10-7+. The van der Waals surface area contributed by atoms with Crippen molar-refractivity contribution in [2.75, 3.05) is 45.7 Å². The van der Waals surface area contributed by atoms with Crippen molar-refractivity contribution >= 4 is 28.7 Å². The highest BCUT2D eigenvalue weighted by atomic mass is 16.5. The summed E-state index contributed by atoms with van der Waals surface area (Å²) < 4.78 is 19.5. The number of primary amides is 1. The molecule has 12 heteroatoms. The van der Waals surface area contributed by atoms with Gasteiger partial charge in [0.15, 0.2) is 11.5 Å². The van der Waals surface area contributed by atoms with Crippen molar-refractivity contribution < 1.29 is 23.8 Å². The highest BCUT2D eigenvalue weighted by molar-refractivity contribution is 6.08. The van der Waals surface area contributed by atoms with Gasteiger partial charge in [0.05, 0.1) is 25.3 Å². The third kappa shape index (κ3) is 7.72. The molecule has 3 heterocycles. The second kappa shape index (κ2) is 15.0. The zero-order valence-corrected chi connectivity index (χ0v) is 27.7. The van der Waals surface area contributed by atoms with E-state index in [-0.39, 0.29) is 23.3 Å². The van der Waals surface area contributed by atoms with Gasteiger partial charge in [0.2, 0.25) is 0 Å². The number of hydrogen-bond acceptors (Lipinski definition) is 9. The van der Waals surface area contributed by atoms with Gasteiger partial charge in [-0.05, 0) is 75.1 Å². The average molecular weight is 662 g/mol. The van der Waals surface area contributed by atoms with Crippen LogP contribution in [0.25, 0.3) is 11.0 Å². The molecule has 2 amide bonds. The molecule has 6 rings (SSSR count). The fraction of sp³-hybridized carbons (Fsp3) is 0.243. The maximum atomic E-state index is 14.0. The van der Waals surface area contributed by atoms with Crippen LogP contribution < -0.4 is 30.2 Å². The number of ether oxygens (including phenoxy) is 3. The number of para-hydroxylation sites is 1. The first-order chi connectivity index (χ1) is 23.8. The van der Waals surface area contributed by atoms with Gasteiger partial charge in [-0.1, -0.05) is 36.4 Å². The number of methoxy groups -OCH3 is 1. The number of likely N-dealkylation sites (N-methyl/N-ethyl adjacent to an activating group) is 1. The minimum Gasteiger partial charge on any atom is -0.497 e. The Morgan fingerprint density at radius 2 is 1.76 bits per heavy atom. The molecule has 1 atom stereocenters. The van der Waals surface area contributed by atoms with Crippen LogP contribution in [0.5, 0.6) is 28.7 Å². The first kappa shape index (κ1) is 33.2. The van der Waals surface area contributed by atoms with Crippen LogP contribution in [0.1, 0.15) is 22.3 Å². The van der Waals surface area contributed by atoms with Crippen molar-refractivity contribution in [1.82, 2.24) is 25.0 Å². The first-order valence-corrected chi connectivity index (χ1v) is 16.0. The number of rotatable bonds is 13. The highest BCUT2D eigenvalue weighted by Gasteiger charge is 2.32. The van der Waals surface area contributed by atoms with Gasteiger partial charge in [-0.3, -0.25) is 14.5 Å². The number of amides is 2. The van der Waals surface area contributed by atoms with E-state index in [2.05, 4.69) is 5.32 Å². The van der Waals surface area contributed by atoms with Crippen molar-refractivity contribution in [3.8, 4) is 28.7 Å². The second-order valence-corrected chi connectivity index (χ2v) is 11.9. The molecule has 1 fully saturated rings. The van der Waals surface area contributed by atoms with E-state index >= 15 is 0 Å². The number of fused-ring (bicyclic) bond motifs is 1. The number of nitrogens with one attached hydrogen (secondary N) is 1. The molecule has 0 spiro atoms. The molecule has 3 N–H and O–H groups in total. The molecular formula is C37H39N7O5. The van der Waals surface area contributed by atoms with E-state index < -0.39 is 5.91 Å². The Kier molecular flexibility index (Phi) is 10.2. The van der Waals surface area contributed by atoms with E-state index in [1.807, 2.05) is 79.7 Å². The van der Waals surface area contributed by atoms with Crippen molar-refractivity contribution in [2.45, 2.75) is 19.0 Å². The normalized spacial score (nSPS) is 14.4. The molecule has 3 aromatic carbocycles. The molecule has 49 heavy (non-hydrogen) atoms. The van der Waals surface area contributed by atoms with Gasteiger partial charge in [-0.25, -0.2) is 9.67 Å². The summed E-state index contributed by atoms with van der Waals surface area (Å²) in [6, 6.07) is 23.3. The van der Waals surface area contributed by atoms with Gasteiger partial charge < -0.3 is 30.2 Å². The molecular weight excluding hydrogens is 622 g/mol. The Bertz CT molecular complexity index is 1950. The number of hydrogen-bond donors (Lipinski definition) is 2. The van der Waals surface area contributed by atoms with Crippen LogP contribution in [0.3, 0.4) is 0 Å². The van der Waals surface area contributed by atoms with Crippen LogP contribution in [0.15, 0.2) is 97.2 Å². The lowest BCUT2D eigenvalue weighted by atomic mass is 10.1. The fourth-order valence-corrected chi connectivity index (χ4v) is 5.68. The van der Waals surface area contributed by atoms with E-state index in [0.717, 1.165) is 24.3 Å². The third-order valence-electron chi connectivity index (χ3n) is 8.08. The Labute approximate surface area is 284 Å². The molecule has 252 valence electrons. The van der Waals surface area contributed by atoms with E-state index in [1.165, 1.54) is 0 Å². The molecule has 0 radical (unpaired) electrons. The lowest BCUT2D eigenvalue weighted by Gasteiger charge is -2.26. The summed E-state index contributed by atoms with van der Waals surface area (Å²) in [6.45, 7) is 2.34. The lowest BCUT2D eigenvalue weighted by molar-refractivity contribution is -0.114. The van der Waals surface area contributed by atoms with Crippen molar-refractivity contribution in [1.29, 1.82) is 0 Å². The number of nitrogens with zero attached hydrogens (tertiary/aromatic N) is 5. The minimum absolute atomic E-state index is 0.130. The number of nitrogens with two attached hydrogens (primary N) is 1. The van der Waals surface area contributed by atoms with Gasteiger partial charge in [0.1, 0.15) is 34.1 Å². The summed E-state index contributed by atoms with van der Waals surface area (Å²) in [5.74, 6) is 1.88. The van der Waals surface area contributed by atoms with Gasteiger partial charge in [-0.2, -0.15) is 5.10 Å². The van der Waals surface area contributed by atoms with Gasteiger partial charge >= 0.3 is 0 Å². The minimum atomic E-state index is -0.686. The number of pyridine rings is 1. The van der Waals surface area contributed by atoms with Crippen LogP contribution >= 0.6 is 0 Å². The van der Waals surface area contributed by atoms with Crippen molar-refractivity contribution in [3.63, 3.8) is 0 Å². The van der Waals surface area contributed by atoms with Gasteiger partial charge in [0.25, 0.3) is 11.8 Å². The molecule has 1 aliphatic heterocycles. The monoisotopic (exact) mass is 661 g/mol. The van der Waals surface area contributed by atoms with E-state index in [9.17, 15) is 9.59 Å². The average Bonchev–Trinajstić information content (AvgIpc) is 3.75. The molecule has 5 aromatic rings. The van der Waals surface area contributed by atoms with E-state index in [1.54, 1.807) is 53.2 Å². The van der Waals surface area contributed by atoms with Gasteiger partial charge in [0, 0.05) is 31.4 Å². The molecule has 1 aliphatic rings. The second-order valence-electron chi connectivity index (χ2n) is 11.9. The smallest absolute Gasteiger partial charge is 0.252 e. The summed E-state index contributed by atoms with van der Waals surface area (Å²) in [6.07, 6.45) is 5.78. The van der Waals surface area contributed by atoms with Crippen molar-refractivity contribution in [2.24, 2.45) is 5.73 Å². The lowest BCUT2D eigenvalue weighted by Crippen LogP contribution is -2.41. The van der Waals surface area contributed by atoms with Crippen LogP contribution in [0.4, 0.5) is 5.82 Å². The molecule has 1 saturated heterocycles. The first-order valence-electron chi connectivity index (χ1n) is 16.0. The Morgan fingerprint density at radius 1 is 0.980 bits per heavy atom. The van der Waals surface area contributed by atoms with E-state index in [4.69, 9.17) is 30.0 Å². The fourth-order valence-electron chi connectivity index (χ4n) is 5.68. The number of aromatic nitrogens is 3. The molecule has 0 aliphatic carbocycles. The molecule has 12 nitrogen and oxygen atoms in total. The zero-order chi connectivity index (χ0) is 34.3. The van der Waals surface area contributed by atoms with Gasteiger partial charge in [-0.15, -0.1) is 0 Å². The maximum absolute atomic E-state index is 14.0. The largest absolute Gasteiger partial charge is 0.497 e. The summed E-state index contributed by atoms with van der Waals surface area (Å²) in [5.41, 5.74) is 7.44. The summed E-state index contributed by atoms with van der Waals surface area (Å²) in [5, 5.41) is 8.92. The highest BCUT2D eigenvalue weighted by Crippen LogP contribution is 2.39. The van der Waals surface area contributed by atoms with Crippen LogP contribution in [0.2, 0.25) is 0 Å². The number of carbonyl (C=O) groups excluding carboxylic acids is 2. The molecule has 0 bridgehead atoms. The SMILES string of the molecule is COc1ccc(Cn2nc(N(C(=O)/C=C/CN(C)C)C3CCNC3)c3c(Oc4ccc(Oc5ccccc5)cc4C(N)=O)ccnc32)cc1.